The first-order chi connectivity index (χ1) is 9.15. The number of ether oxygens (including phenoxy) is 1. The molecule has 0 atom stereocenters. The van der Waals surface area contributed by atoms with Gasteiger partial charge in [-0.05, 0) is 6.92 Å². The Hall–Kier alpha value is -1.94. The van der Waals surface area contributed by atoms with Gasteiger partial charge in [0, 0.05) is 31.7 Å². The van der Waals surface area contributed by atoms with E-state index in [0.29, 0.717) is 26.2 Å². The lowest BCUT2D eigenvalue weighted by atomic mass is 10.3. The van der Waals surface area contributed by atoms with E-state index in [-0.39, 0.29) is 11.5 Å². The molecule has 0 fully saturated rings. The number of alkyl halides is 1. The fourth-order valence-corrected chi connectivity index (χ4v) is 1.09. The monoisotopic (exact) mass is 288 g/mol. The van der Waals surface area contributed by atoms with Crippen LogP contribution in [0.4, 0.5) is 4.79 Å². The minimum absolute atomic E-state index is 0.0544. The number of halogens is 1. The lowest BCUT2D eigenvalue weighted by Gasteiger charge is -2.05. The zero-order chi connectivity index (χ0) is 14.5. The number of hydrogen-bond donors (Lipinski definition) is 3. The van der Waals surface area contributed by atoms with E-state index in [4.69, 9.17) is 16.9 Å². The second-order valence-electron chi connectivity index (χ2n) is 3.22. The fourth-order valence-electron chi connectivity index (χ4n) is 0.998. The Morgan fingerprint density at radius 3 is 2.63 bits per heavy atom. The Morgan fingerprint density at radius 2 is 2.05 bits per heavy atom. The number of hydrogen-bond acceptors (Lipinski definition) is 5. The highest BCUT2D eigenvalue weighted by Gasteiger charge is 2.06. The molecule has 0 aliphatic rings. The predicted octanol–water partition coefficient (Wildman–Crippen LogP) is 0.0846. The van der Waals surface area contributed by atoms with Crippen LogP contribution in [0, 0.1) is 11.3 Å². The van der Waals surface area contributed by atoms with Crippen molar-refractivity contribution in [2.45, 2.75) is 6.92 Å². The van der Waals surface area contributed by atoms with Crippen molar-refractivity contribution in [1.29, 1.82) is 5.26 Å². The van der Waals surface area contributed by atoms with Gasteiger partial charge in [-0.3, -0.25) is 4.79 Å². The van der Waals surface area contributed by atoms with Crippen LogP contribution in [0.1, 0.15) is 6.92 Å². The van der Waals surface area contributed by atoms with E-state index in [0.717, 1.165) is 0 Å². The van der Waals surface area contributed by atoms with Crippen LogP contribution in [0.2, 0.25) is 0 Å². The van der Waals surface area contributed by atoms with Gasteiger partial charge < -0.3 is 20.7 Å². The first kappa shape index (κ1) is 17.1. The number of nitrogens with one attached hydrogen (secondary N) is 3. The van der Waals surface area contributed by atoms with Gasteiger partial charge in [0.25, 0.3) is 5.91 Å². The zero-order valence-electron chi connectivity index (χ0n) is 10.7. The molecule has 0 saturated carbocycles. The quantitative estimate of drug-likeness (QED) is 0.254. The highest BCUT2D eigenvalue weighted by Crippen LogP contribution is 1.89. The lowest BCUT2D eigenvalue weighted by molar-refractivity contribution is -0.117. The van der Waals surface area contributed by atoms with Crippen LogP contribution in [-0.4, -0.2) is 44.1 Å². The standard InChI is InChI=1S/C11H17ClN4O3/c1-2-19-11(18)16-6-5-14-8-9(7-13)10(17)15-4-3-12/h8,14H,2-6H2,1H3,(H,15,17)(H,16,18)/b9-8-. The summed E-state index contributed by atoms with van der Waals surface area (Å²) in [7, 11) is 0. The van der Waals surface area contributed by atoms with Crippen molar-refractivity contribution in [3.05, 3.63) is 11.8 Å². The maximum absolute atomic E-state index is 11.4. The van der Waals surface area contributed by atoms with Crippen molar-refractivity contribution in [2.24, 2.45) is 0 Å². The van der Waals surface area contributed by atoms with E-state index in [1.165, 1.54) is 6.20 Å². The van der Waals surface area contributed by atoms with Crippen LogP contribution in [0.5, 0.6) is 0 Å². The van der Waals surface area contributed by atoms with Crippen LogP contribution >= 0.6 is 11.6 Å². The third-order valence-electron chi connectivity index (χ3n) is 1.81. The Bertz CT molecular complexity index is 365. The molecule has 19 heavy (non-hydrogen) atoms. The Morgan fingerprint density at radius 1 is 1.32 bits per heavy atom. The van der Waals surface area contributed by atoms with Gasteiger partial charge in [0.2, 0.25) is 0 Å². The summed E-state index contributed by atoms with van der Waals surface area (Å²) in [6.07, 6.45) is 0.782. The molecule has 0 aromatic carbocycles. The van der Waals surface area contributed by atoms with E-state index in [1.807, 2.05) is 0 Å². The van der Waals surface area contributed by atoms with E-state index >= 15 is 0 Å². The van der Waals surface area contributed by atoms with Gasteiger partial charge in [0.05, 0.1) is 6.61 Å². The SMILES string of the molecule is CCOC(=O)NCCN/C=C(/C#N)C(=O)NCCCl. The van der Waals surface area contributed by atoms with Crippen LogP contribution in [0.15, 0.2) is 11.8 Å². The van der Waals surface area contributed by atoms with Crippen molar-refractivity contribution in [3.63, 3.8) is 0 Å². The summed E-state index contributed by atoms with van der Waals surface area (Å²) in [5, 5.41) is 16.5. The van der Waals surface area contributed by atoms with E-state index < -0.39 is 12.0 Å². The molecule has 0 unspecified atom stereocenters. The highest BCUT2D eigenvalue weighted by atomic mass is 35.5. The molecule has 0 aliphatic heterocycles. The molecule has 0 aliphatic carbocycles. The van der Waals surface area contributed by atoms with Gasteiger partial charge in [0.15, 0.2) is 0 Å². The molecule has 2 amide bonds. The summed E-state index contributed by atoms with van der Waals surface area (Å²) < 4.78 is 4.65. The molecule has 0 aromatic heterocycles. The minimum Gasteiger partial charge on any atom is -0.450 e. The second kappa shape index (κ2) is 11.2. The number of alkyl carbamates (subject to hydrolysis) is 1. The molecule has 0 heterocycles. The van der Waals surface area contributed by atoms with Gasteiger partial charge >= 0.3 is 6.09 Å². The average molecular weight is 289 g/mol. The third kappa shape index (κ3) is 8.74. The summed E-state index contributed by atoms with van der Waals surface area (Å²) in [6.45, 7) is 2.99. The lowest BCUT2D eigenvalue weighted by Crippen LogP contribution is -2.31. The number of rotatable bonds is 8. The first-order valence-electron chi connectivity index (χ1n) is 5.74. The maximum Gasteiger partial charge on any atom is 0.407 e. The van der Waals surface area contributed by atoms with Crippen LogP contribution < -0.4 is 16.0 Å². The Kier molecular flexibility index (Phi) is 10.0. The predicted molar refractivity (Wildman–Crippen MR) is 70.5 cm³/mol. The van der Waals surface area contributed by atoms with E-state index in [2.05, 4.69) is 20.7 Å². The van der Waals surface area contributed by atoms with Crippen molar-refractivity contribution in [2.75, 3.05) is 32.1 Å². The molecule has 0 bridgehead atoms. The fraction of sp³-hybridized carbons (Fsp3) is 0.545. The molecule has 0 radical (unpaired) electrons. The summed E-state index contributed by atoms with van der Waals surface area (Å²) in [6, 6.07) is 1.76. The van der Waals surface area contributed by atoms with Gasteiger partial charge in [-0.25, -0.2) is 4.79 Å². The number of nitriles is 1. The van der Waals surface area contributed by atoms with Crippen molar-refractivity contribution >= 4 is 23.6 Å². The van der Waals surface area contributed by atoms with Gasteiger partial charge in [-0.1, -0.05) is 0 Å². The van der Waals surface area contributed by atoms with Crippen molar-refractivity contribution in [3.8, 4) is 6.07 Å². The maximum atomic E-state index is 11.4. The Balaban J connectivity index is 3.92. The van der Waals surface area contributed by atoms with Crippen LogP contribution in [0.25, 0.3) is 0 Å². The molecule has 0 aromatic rings. The normalized spacial score (nSPS) is 10.3. The first-order valence-corrected chi connectivity index (χ1v) is 6.27. The topological polar surface area (TPSA) is 103 Å². The smallest absolute Gasteiger partial charge is 0.407 e. The molecule has 0 rings (SSSR count). The van der Waals surface area contributed by atoms with Crippen molar-refractivity contribution in [1.82, 2.24) is 16.0 Å². The van der Waals surface area contributed by atoms with Gasteiger partial charge in [-0.15, -0.1) is 11.6 Å². The summed E-state index contributed by atoms with van der Waals surface area (Å²) in [5.41, 5.74) is -0.0544. The molecule has 0 saturated heterocycles. The molecule has 8 heteroatoms. The minimum atomic E-state index is -0.506. The molecule has 106 valence electrons. The average Bonchev–Trinajstić information content (AvgIpc) is 2.40. The number of carbonyl (C=O) groups excluding carboxylic acids is 2. The van der Waals surface area contributed by atoms with Crippen molar-refractivity contribution < 1.29 is 14.3 Å². The highest BCUT2D eigenvalue weighted by molar-refractivity contribution is 6.18. The third-order valence-corrected chi connectivity index (χ3v) is 1.99. The van der Waals surface area contributed by atoms with Crippen LogP contribution in [0.3, 0.4) is 0 Å². The molecule has 7 nitrogen and oxygen atoms in total. The van der Waals surface area contributed by atoms with E-state index in [1.54, 1.807) is 13.0 Å². The number of carbonyl (C=O) groups is 2. The van der Waals surface area contributed by atoms with Gasteiger partial charge in [0.1, 0.15) is 11.6 Å². The largest absolute Gasteiger partial charge is 0.450 e. The Labute approximate surface area is 116 Å². The summed E-state index contributed by atoms with van der Waals surface area (Å²) in [4.78, 5) is 22.3. The summed E-state index contributed by atoms with van der Waals surface area (Å²) >= 11 is 5.41. The van der Waals surface area contributed by atoms with E-state index in [9.17, 15) is 9.59 Å². The zero-order valence-corrected chi connectivity index (χ0v) is 11.4. The molecule has 3 N–H and O–H groups in total. The number of amides is 2. The summed E-state index contributed by atoms with van der Waals surface area (Å²) in [5.74, 6) is -0.213. The van der Waals surface area contributed by atoms with Crippen LogP contribution in [-0.2, 0) is 9.53 Å². The molecule has 0 spiro atoms. The number of nitrogens with zero attached hydrogens (tertiary/aromatic N) is 1. The second-order valence-corrected chi connectivity index (χ2v) is 3.59. The molecular weight excluding hydrogens is 272 g/mol. The van der Waals surface area contributed by atoms with Gasteiger partial charge in [-0.2, -0.15) is 5.26 Å². The molecular formula is C11H17ClN4O3.